The second-order valence-electron chi connectivity index (χ2n) is 6.63. The van der Waals surface area contributed by atoms with Gasteiger partial charge in [0.05, 0.1) is 26.3 Å². The van der Waals surface area contributed by atoms with Crippen molar-refractivity contribution in [2.45, 2.75) is 32.9 Å². The summed E-state index contributed by atoms with van der Waals surface area (Å²) in [6.07, 6.45) is -0.0892. The van der Waals surface area contributed by atoms with Crippen LogP contribution in [0.15, 0.2) is 47.0 Å². The fourth-order valence-corrected chi connectivity index (χ4v) is 2.87. The predicted octanol–water partition coefficient (Wildman–Crippen LogP) is 3.54. The van der Waals surface area contributed by atoms with E-state index in [2.05, 4.69) is 15.5 Å². The number of ether oxygens (including phenoxy) is 3. The second-order valence-corrected chi connectivity index (χ2v) is 6.63. The number of carbonyl (C=O) groups is 1. The molecule has 0 saturated heterocycles. The lowest BCUT2D eigenvalue weighted by atomic mass is 10.2. The molecule has 2 aromatic carbocycles. The van der Waals surface area contributed by atoms with Crippen molar-refractivity contribution in [3.05, 3.63) is 53.9 Å². The molecule has 8 heteroatoms. The molecule has 1 heterocycles. The molecule has 1 amide bonds. The molecule has 0 aliphatic carbocycles. The normalized spacial score (nSPS) is 11.6. The van der Waals surface area contributed by atoms with Crippen LogP contribution in [-0.4, -0.2) is 36.4 Å². The van der Waals surface area contributed by atoms with E-state index in [0.717, 1.165) is 5.56 Å². The van der Waals surface area contributed by atoms with Crippen molar-refractivity contribution in [2.75, 3.05) is 14.2 Å². The third-order valence-corrected chi connectivity index (χ3v) is 4.46. The number of nitrogens with zero attached hydrogens (tertiary/aromatic N) is 2. The van der Waals surface area contributed by atoms with E-state index < -0.39 is 6.10 Å². The molecule has 1 aromatic heterocycles. The number of methoxy groups -OCH3 is 2. The van der Waals surface area contributed by atoms with Gasteiger partial charge in [-0.25, -0.2) is 0 Å². The Morgan fingerprint density at radius 2 is 1.97 bits per heavy atom. The number of aromatic nitrogens is 2. The van der Waals surface area contributed by atoms with Gasteiger partial charge in [-0.15, -0.1) is 0 Å². The van der Waals surface area contributed by atoms with Crippen LogP contribution in [0.2, 0.25) is 0 Å². The molecule has 1 unspecified atom stereocenters. The van der Waals surface area contributed by atoms with Crippen LogP contribution in [0.3, 0.4) is 0 Å². The standard InChI is InChI=1S/C22H25N3O5/c1-5-18(29-16-8-6-7-14(2)11-16)22(26)23-13-20-24-21(25-30-20)17-10-9-15(27-3)12-19(17)28-4/h6-12,18H,5,13H2,1-4H3,(H,23,26). The first-order chi connectivity index (χ1) is 14.5. The molecule has 1 N–H and O–H groups in total. The Morgan fingerprint density at radius 1 is 1.13 bits per heavy atom. The molecule has 8 nitrogen and oxygen atoms in total. The van der Waals surface area contributed by atoms with Crippen molar-refractivity contribution in [2.24, 2.45) is 0 Å². The van der Waals surface area contributed by atoms with Gasteiger partial charge in [0.1, 0.15) is 17.2 Å². The molecule has 0 bridgehead atoms. The van der Waals surface area contributed by atoms with Crippen LogP contribution in [0.4, 0.5) is 0 Å². The van der Waals surface area contributed by atoms with Crippen molar-refractivity contribution >= 4 is 5.91 Å². The van der Waals surface area contributed by atoms with Crippen molar-refractivity contribution in [1.82, 2.24) is 15.5 Å². The highest BCUT2D eigenvalue weighted by atomic mass is 16.5. The minimum absolute atomic E-state index is 0.0952. The van der Waals surface area contributed by atoms with Gasteiger partial charge in [0.2, 0.25) is 11.7 Å². The van der Waals surface area contributed by atoms with Crippen molar-refractivity contribution in [3.63, 3.8) is 0 Å². The third kappa shape index (κ3) is 5.08. The first kappa shape index (κ1) is 21.2. The number of hydrogen-bond donors (Lipinski definition) is 1. The summed E-state index contributed by atoms with van der Waals surface area (Å²) in [4.78, 5) is 16.9. The molecule has 0 aliphatic rings. The molecule has 158 valence electrons. The lowest BCUT2D eigenvalue weighted by Gasteiger charge is -2.17. The summed E-state index contributed by atoms with van der Waals surface area (Å²) in [6.45, 7) is 3.96. The zero-order chi connectivity index (χ0) is 21.5. The topological polar surface area (TPSA) is 95.7 Å². The van der Waals surface area contributed by atoms with Crippen LogP contribution in [-0.2, 0) is 11.3 Å². The summed E-state index contributed by atoms with van der Waals surface area (Å²) >= 11 is 0. The first-order valence-electron chi connectivity index (χ1n) is 9.60. The van der Waals surface area contributed by atoms with Crippen LogP contribution in [0.25, 0.3) is 11.4 Å². The van der Waals surface area contributed by atoms with E-state index in [9.17, 15) is 4.79 Å². The number of hydrogen-bond acceptors (Lipinski definition) is 7. The molecule has 30 heavy (non-hydrogen) atoms. The molecule has 3 aromatic rings. The van der Waals surface area contributed by atoms with Crippen molar-refractivity contribution in [1.29, 1.82) is 0 Å². The van der Waals surface area contributed by atoms with Crippen LogP contribution in [0.5, 0.6) is 17.2 Å². The molecule has 0 aliphatic heterocycles. The maximum atomic E-state index is 12.5. The van der Waals surface area contributed by atoms with Crippen molar-refractivity contribution < 1.29 is 23.5 Å². The highest BCUT2D eigenvalue weighted by molar-refractivity contribution is 5.81. The Morgan fingerprint density at radius 3 is 2.67 bits per heavy atom. The SMILES string of the molecule is CCC(Oc1cccc(C)c1)C(=O)NCc1nc(-c2ccc(OC)cc2OC)no1. The molecule has 0 radical (unpaired) electrons. The van der Waals surface area contributed by atoms with E-state index in [4.69, 9.17) is 18.7 Å². The number of rotatable bonds is 9. The van der Waals surface area contributed by atoms with E-state index in [1.54, 1.807) is 32.4 Å². The monoisotopic (exact) mass is 411 g/mol. The van der Waals surface area contributed by atoms with Gasteiger partial charge in [-0.1, -0.05) is 24.2 Å². The summed E-state index contributed by atoms with van der Waals surface area (Å²) < 4.78 is 21.7. The van der Waals surface area contributed by atoms with Gasteiger partial charge in [-0.3, -0.25) is 4.79 Å². The Kier molecular flexibility index (Phi) is 6.90. The minimum Gasteiger partial charge on any atom is -0.497 e. The number of nitrogens with one attached hydrogen (secondary N) is 1. The lowest BCUT2D eigenvalue weighted by Crippen LogP contribution is -2.37. The van der Waals surface area contributed by atoms with E-state index >= 15 is 0 Å². The smallest absolute Gasteiger partial charge is 0.261 e. The largest absolute Gasteiger partial charge is 0.497 e. The number of carbonyl (C=O) groups excluding carboxylic acids is 1. The van der Waals surface area contributed by atoms with Gasteiger partial charge in [0, 0.05) is 6.07 Å². The summed E-state index contributed by atoms with van der Waals surface area (Å²) in [5.41, 5.74) is 1.73. The predicted molar refractivity (Wildman–Crippen MR) is 111 cm³/mol. The fraction of sp³-hybridized carbons (Fsp3) is 0.318. The van der Waals surface area contributed by atoms with Crippen LogP contribution in [0.1, 0.15) is 24.8 Å². The highest BCUT2D eigenvalue weighted by Gasteiger charge is 2.20. The van der Waals surface area contributed by atoms with Gasteiger partial charge >= 0.3 is 0 Å². The zero-order valence-electron chi connectivity index (χ0n) is 17.5. The summed E-state index contributed by atoms with van der Waals surface area (Å²) in [6, 6.07) is 12.9. The first-order valence-corrected chi connectivity index (χ1v) is 9.60. The summed E-state index contributed by atoms with van der Waals surface area (Å²) in [5.74, 6) is 2.27. The van der Waals surface area contributed by atoms with Gasteiger partial charge < -0.3 is 24.1 Å². The lowest BCUT2D eigenvalue weighted by molar-refractivity contribution is -0.128. The number of amides is 1. The van der Waals surface area contributed by atoms with E-state index in [1.165, 1.54) is 0 Å². The van der Waals surface area contributed by atoms with Crippen LogP contribution >= 0.6 is 0 Å². The summed E-state index contributed by atoms with van der Waals surface area (Å²) in [7, 11) is 3.13. The number of benzene rings is 2. The van der Waals surface area contributed by atoms with Gasteiger partial charge in [0.25, 0.3) is 5.91 Å². The highest BCUT2D eigenvalue weighted by Crippen LogP contribution is 2.31. The summed E-state index contributed by atoms with van der Waals surface area (Å²) in [5, 5.41) is 6.77. The maximum absolute atomic E-state index is 12.5. The Hall–Kier alpha value is -3.55. The molecule has 0 spiro atoms. The molecular formula is C22H25N3O5. The number of aryl methyl sites for hydroxylation is 1. The Balaban J connectivity index is 1.64. The molecule has 0 fully saturated rings. The van der Waals surface area contributed by atoms with Crippen molar-refractivity contribution in [3.8, 4) is 28.6 Å². The van der Waals surface area contributed by atoms with Gasteiger partial charge in [0.15, 0.2) is 6.10 Å². The average molecular weight is 411 g/mol. The Labute approximate surface area is 175 Å². The van der Waals surface area contributed by atoms with Gasteiger partial charge in [-0.2, -0.15) is 4.98 Å². The van der Waals surface area contributed by atoms with Gasteiger partial charge in [-0.05, 0) is 43.2 Å². The van der Waals surface area contributed by atoms with E-state index in [-0.39, 0.29) is 18.3 Å². The quantitative estimate of drug-likeness (QED) is 0.575. The maximum Gasteiger partial charge on any atom is 0.261 e. The van der Waals surface area contributed by atoms with E-state index in [0.29, 0.717) is 35.1 Å². The second kappa shape index (κ2) is 9.78. The van der Waals surface area contributed by atoms with E-state index in [1.807, 2.05) is 38.1 Å². The average Bonchev–Trinajstić information content (AvgIpc) is 3.24. The fourth-order valence-electron chi connectivity index (χ4n) is 2.87. The Bertz CT molecular complexity index is 1000. The molecule has 0 saturated carbocycles. The minimum atomic E-state index is -0.615. The molecule has 3 rings (SSSR count). The zero-order valence-corrected chi connectivity index (χ0v) is 17.5. The molecule has 1 atom stereocenters. The third-order valence-electron chi connectivity index (χ3n) is 4.46. The van der Waals surface area contributed by atoms with Crippen LogP contribution in [0, 0.1) is 6.92 Å². The van der Waals surface area contributed by atoms with Crippen LogP contribution < -0.4 is 19.5 Å². The molecular weight excluding hydrogens is 386 g/mol.